The van der Waals surface area contributed by atoms with Gasteiger partial charge >= 0.3 is 0 Å². The van der Waals surface area contributed by atoms with Crippen LogP contribution in [0.2, 0.25) is 0 Å². The second-order valence-corrected chi connectivity index (χ2v) is 7.32. The summed E-state index contributed by atoms with van der Waals surface area (Å²) >= 11 is 0. The van der Waals surface area contributed by atoms with Crippen LogP contribution in [0.3, 0.4) is 0 Å². The van der Waals surface area contributed by atoms with Gasteiger partial charge in [-0.25, -0.2) is 4.98 Å². The van der Waals surface area contributed by atoms with Crippen LogP contribution in [0.1, 0.15) is 49.1 Å². The maximum absolute atomic E-state index is 12.7. The quantitative estimate of drug-likeness (QED) is 0.506. The van der Waals surface area contributed by atoms with Crippen LogP contribution in [0.4, 0.5) is 0 Å². The van der Waals surface area contributed by atoms with Crippen molar-refractivity contribution in [3.05, 3.63) is 64.3 Å². The molecule has 0 aliphatic heterocycles. The van der Waals surface area contributed by atoms with Crippen molar-refractivity contribution in [3.8, 4) is 11.4 Å². The van der Waals surface area contributed by atoms with Gasteiger partial charge in [0.05, 0.1) is 17.3 Å². The maximum atomic E-state index is 12.7. The van der Waals surface area contributed by atoms with Gasteiger partial charge in [0.2, 0.25) is 5.82 Å². The van der Waals surface area contributed by atoms with Gasteiger partial charge in [-0.2, -0.15) is 4.98 Å². The molecular formula is C22H20N4O3. The zero-order chi connectivity index (χ0) is 19.8. The fourth-order valence-electron chi connectivity index (χ4n) is 3.95. The summed E-state index contributed by atoms with van der Waals surface area (Å²) in [6, 6.07) is 9.67. The Bertz CT molecular complexity index is 1250. The van der Waals surface area contributed by atoms with Crippen molar-refractivity contribution in [2.75, 3.05) is 0 Å². The molecule has 1 aliphatic carbocycles. The lowest BCUT2D eigenvalue weighted by atomic mass is 10.1. The molecule has 7 heteroatoms. The molecule has 5 rings (SSSR count). The fraction of sp³-hybridized carbons (Fsp3) is 0.273. The number of fused-ring (bicyclic) bond motifs is 1. The number of nitrogens with zero attached hydrogens (tertiary/aromatic N) is 4. The van der Waals surface area contributed by atoms with Gasteiger partial charge in [0.15, 0.2) is 0 Å². The SMILES string of the molecule is Cc1nc2cc(-c3noc(/C=C/c4ccco4)n3)ccc2n(C2CCCC2)c1=O. The van der Waals surface area contributed by atoms with Crippen molar-refractivity contribution in [2.45, 2.75) is 38.6 Å². The van der Waals surface area contributed by atoms with Gasteiger partial charge in [-0.05, 0) is 56.2 Å². The first-order valence-electron chi connectivity index (χ1n) is 9.77. The van der Waals surface area contributed by atoms with Crippen LogP contribution in [0, 0.1) is 6.92 Å². The molecule has 0 radical (unpaired) electrons. The van der Waals surface area contributed by atoms with Crippen molar-refractivity contribution < 1.29 is 8.94 Å². The molecule has 7 nitrogen and oxygen atoms in total. The fourth-order valence-corrected chi connectivity index (χ4v) is 3.95. The van der Waals surface area contributed by atoms with E-state index >= 15 is 0 Å². The Kier molecular flexibility index (Phi) is 4.35. The van der Waals surface area contributed by atoms with Gasteiger partial charge in [-0.15, -0.1) is 0 Å². The topological polar surface area (TPSA) is 86.9 Å². The number of aromatic nitrogens is 4. The zero-order valence-electron chi connectivity index (χ0n) is 16.0. The summed E-state index contributed by atoms with van der Waals surface area (Å²) in [5.74, 6) is 1.57. The van der Waals surface area contributed by atoms with Crippen LogP contribution >= 0.6 is 0 Å². The van der Waals surface area contributed by atoms with E-state index in [1.54, 1.807) is 25.3 Å². The number of aryl methyl sites for hydroxylation is 1. The third-order valence-electron chi connectivity index (χ3n) is 5.37. The van der Waals surface area contributed by atoms with Crippen molar-refractivity contribution in [2.24, 2.45) is 0 Å². The summed E-state index contributed by atoms with van der Waals surface area (Å²) in [5, 5.41) is 4.07. The highest BCUT2D eigenvalue weighted by atomic mass is 16.5. The summed E-state index contributed by atoms with van der Waals surface area (Å²) in [7, 11) is 0. The molecule has 1 fully saturated rings. The highest BCUT2D eigenvalue weighted by molar-refractivity contribution is 5.80. The standard InChI is InChI=1S/C22H20N4O3/c1-14-22(27)26(16-5-2-3-6-16)19-10-8-15(13-18(19)23-14)21-24-20(29-25-21)11-9-17-7-4-12-28-17/h4,7-13,16H,2-3,5-6H2,1H3/b11-9+. The van der Waals surface area contributed by atoms with E-state index in [0.717, 1.165) is 42.3 Å². The Morgan fingerprint density at radius 1 is 1.14 bits per heavy atom. The molecule has 4 aromatic rings. The molecule has 29 heavy (non-hydrogen) atoms. The van der Waals surface area contributed by atoms with Gasteiger partial charge in [0, 0.05) is 17.7 Å². The van der Waals surface area contributed by atoms with E-state index in [1.165, 1.54) is 0 Å². The van der Waals surface area contributed by atoms with Gasteiger partial charge < -0.3 is 13.5 Å². The van der Waals surface area contributed by atoms with Crippen LogP contribution < -0.4 is 5.56 Å². The van der Waals surface area contributed by atoms with Crippen LogP contribution in [0.15, 0.2) is 50.3 Å². The second-order valence-electron chi connectivity index (χ2n) is 7.32. The Balaban J connectivity index is 1.52. The third-order valence-corrected chi connectivity index (χ3v) is 5.37. The van der Waals surface area contributed by atoms with Crippen LogP contribution in [0.25, 0.3) is 34.6 Å². The minimum atomic E-state index is 0.00191. The molecule has 1 aromatic carbocycles. The summed E-state index contributed by atoms with van der Waals surface area (Å²) in [6.07, 6.45) is 9.48. The molecule has 3 heterocycles. The Morgan fingerprint density at radius 2 is 2.00 bits per heavy atom. The van der Waals surface area contributed by atoms with E-state index in [9.17, 15) is 4.79 Å². The largest absolute Gasteiger partial charge is 0.465 e. The van der Waals surface area contributed by atoms with E-state index in [-0.39, 0.29) is 11.6 Å². The number of rotatable bonds is 4. The van der Waals surface area contributed by atoms with Gasteiger partial charge in [-0.3, -0.25) is 4.79 Å². The smallest absolute Gasteiger partial charge is 0.272 e. The first-order valence-corrected chi connectivity index (χ1v) is 9.77. The van der Waals surface area contributed by atoms with Crippen LogP contribution in [-0.2, 0) is 0 Å². The molecule has 3 aromatic heterocycles. The Hall–Kier alpha value is -3.48. The summed E-state index contributed by atoms with van der Waals surface area (Å²) < 4.78 is 12.5. The van der Waals surface area contributed by atoms with E-state index < -0.39 is 0 Å². The lowest BCUT2D eigenvalue weighted by Gasteiger charge is -2.17. The van der Waals surface area contributed by atoms with Crippen molar-refractivity contribution in [1.82, 2.24) is 19.7 Å². The van der Waals surface area contributed by atoms with Gasteiger partial charge in [-0.1, -0.05) is 18.0 Å². The van der Waals surface area contributed by atoms with Gasteiger partial charge in [0.1, 0.15) is 11.5 Å². The van der Waals surface area contributed by atoms with Crippen LogP contribution in [-0.4, -0.2) is 19.7 Å². The molecule has 0 amide bonds. The molecule has 0 spiro atoms. The van der Waals surface area contributed by atoms with Crippen molar-refractivity contribution in [1.29, 1.82) is 0 Å². The average Bonchev–Trinajstić information content (AvgIpc) is 3.49. The lowest BCUT2D eigenvalue weighted by molar-refractivity contribution is 0.411. The minimum Gasteiger partial charge on any atom is -0.465 e. The first-order chi connectivity index (χ1) is 14.2. The molecule has 146 valence electrons. The number of furan rings is 1. The predicted molar refractivity (Wildman–Crippen MR) is 109 cm³/mol. The highest BCUT2D eigenvalue weighted by Gasteiger charge is 2.21. The van der Waals surface area contributed by atoms with Crippen LogP contribution in [0.5, 0.6) is 0 Å². The molecule has 0 unspecified atom stereocenters. The highest BCUT2D eigenvalue weighted by Crippen LogP contribution is 2.31. The van der Waals surface area contributed by atoms with Gasteiger partial charge in [0.25, 0.3) is 11.4 Å². The normalized spacial score (nSPS) is 15.1. The molecule has 0 atom stereocenters. The molecule has 1 aliphatic rings. The third kappa shape index (κ3) is 3.29. The molecule has 1 saturated carbocycles. The van der Waals surface area contributed by atoms with E-state index in [4.69, 9.17) is 8.94 Å². The zero-order valence-corrected chi connectivity index (χ0v) is 16.0. The van der Waals surface area contributed by atoms with E-state index in [1.807, 2.05) is 34.9 Å². The molecule has 0 N–H and O–H groups in total. The number of hydrogen-bond donors (Lipinski definition) is 0. The first kappa shape index (κ1) is 17.6. The molecule has 0 bridgehead atoms. The Morgan fingerprint density at radius 3 is 2.79 bits per heavy atom. The molecule has 0 saturated heterocycles. The lowest BCUT2D eigenvalue weighted by Crippen LogP contribution is -2.26. The average molecular weight is 388 g/mol. The maximum Gasteiger partial charge on any atom is 0.272 e. The Labute approximate surface area is 166 Å². The molecular weight excluding hydrogens is 368 g/mol. The summed E-state index contributed by atoms with van der Waals surface area (Å²) in [6.45, 7) is 1.77. The van der Waals surface area contributed by atoms with Crippen molar-refractivity contribution >= 4 is 23.2 Å². The van der Waals surface area contributed by atoms with E-state index in [0.29, 0.717) is 23.2 Å². The van der Waals surface area contributed by atoms with Crippen molar-refractivity contribution in [3.63, 3.8) is 0 Å². The number of hydrogen-bond acceptors (Lipinski definition) is 6. The number of benzene rings is 1. The monoisotopic (exact) mass is 388 g/mol. The summed E-state index contributed by atoms with van der Waals surface area (Å²) in [5.41, 5.74) is 2.93. The minimum absolute atomic E-state index is 0.00191. The predicted octanol–water partition coefficient (Wildman–Crippen LogP) is 4.63. The summed E-state index contributed by atoms with van der Waals surface area (Å²) in [4.78, 5) is 21.7. The second kappa shape index (κ2) is 7.16. The van der Waals surface area contributed by atoms with E-state index in [2.05, 4.69) is 15.1 Å².